The van der Waals surface area contributed by atoms with Gasteiger partial charge >= 0.3 is 11.9 Å². The van der Waals surface area contributed by atoms with E-state index in [1.165, 1.54) is 13.3 Å². The average molecular weight is 280 g/mol. The zero-order valence-electron chi connectivity index (χ0n) is 12.4. The summed E-state index contributed by atoms with van der Waals surface area (Å²) in [7, 11) is 1.28. The number of carbonyl (C=O) groups excluding carboxylic acids is 1. The number of aliphatic carboxylic acids is 1. The van der Waals surface area contributed by atoms with Gasteiger partial charge in [0.1, 0.15) is 11.4 Å². The molecule has 6 nitrogen and oxygen atoms in total. The fourth-order valence-corrected chi connectivity index (χ4v) is 1.50. The summed E-state index contributed by atoms with van der Waals surface area (Å²) in [6, 6.07) is 3.19. The second kappa shape index (κ2) is 5.48. The van der Waals surface area contributed by atoms with Crippen LogP contribution < -0.4 is 5.32 Å². The van der Waals surface area contributed by atoms with Gasteiger partial charge in [-0.2, -0.15) is 0 Å². The Labute approximate surface area is 118 Å². The summed E-state index contributed by atoms with van der Waals surface area (Å²) >= 11 is 0. The van der Waals surface area contributed by atoms with E-state index in [0.717, 1.165) is 0 Å². The Kier molecular flexibility index (Phi) is 4.37. The summed E-state index contributed by atoms with van der Waals surface area (Å²) in [6.45, 7) is 6.72. The van der Waals surface area contributed by atoms with Gasteiger partial charge in [0.2, 0.25) is 0 Å². The van der Waals surface area contributed by atoms with Crippen LogP contribution in [-0.2, 0) is 9.53 Å². The molecule has 0 unspecified atom stereocenters. The van der Waals surface area contributed by atoms with Gasteiger partial charge in [0.05, 0.1) is 12.5 Å². The molecule has 2 N–H and O–H groups in total. The maximum Gasteiger partial charge on any atom is 0.341 e. The van der Waals surface area contributed by atoms with Crippen molar-refractivity contribution in [2.75, 3.05) is 12.4 Å². The first-order valence-corrected chi connectivity index (χ1v) is 6.18. The summed E-state index contributed by atoms with van der Waals surface area (Å²) in [4.78, 5) is 27.2. The van der Waals surface area contributed by atoms with E-state index >= 15 is 0 Å². The van der Waals surface area contributed by atoms with E-state index in [2.05, 4.69) is 15.0 Å². The van der Waals surface area contributed by atoms with Gasteiger partial charge in [-0.25, -0.2) is 9.78 Å². The van der Waals surface area contributed by atoms with Crippen molar-refractivity contribution in [3.63, 3.8) is 0 Å². The molecule has 0 spiro atoms. The first kappa shape index (κ1) is 15.9. The number of carboxylic acids is 1. The Morgan fingerprint density at radius 2 is 1.90 bits per heavy atom. The lowest BCUT2D eigenvalue weighted by molar-refractivity contribution is -0.149. The summed E-state index contributed by atoms with van der Waals surface area (Å²) < 4.78 is 4.69. The second-order valence-electron chi connectivity index (χ2n) is 5.57. The molecule has 1 aromatic heterocycles. The largest absolute Gasteiger partial charge is 0.481 e. The van der Waals surface area contributed by atoms with E-state index in [1.807, 2.05) is 0 Å². The molecule has 0 radical (unpaired) electrons. The minimum absolute atomic E-state index is 0.268. The zero-order chi connectivity index (χ0) is 15.6. The lowest BCUT2D eigenvalue weighted by Gasteiger charge is -2.39. The number of anilines is 1. The van der Waals surface area contributed by atoms with E-state index < -0.39 is 22.9 Å². The van der Waals surface area contributed by atoms with Crippen LogP contribution in [-0.4, -0.2) is 34.7 Å². The van der Waals surface area contributed by atoms with Crippen LogP contribution in [0, 0.1) is 5.41 Å². The fraction of sp³-hybridized carbons (Fsp3) is 0.500. The smallest absolute Gasteiger partial charge is 0.341 e. The van der Waals surface area contributed by atoms with E-state index in [9.17, 15) is 14.7 Å². The van der Waals surface area contributed by atoms with Crippen molar-refractivity contribution in [1.29, 1.82) is 0 Å². The molecule has 0 amide bonds. The number of pyridine rings is 1. The molecule has 20 heavy (non-hydrogen) atoms. The molecule has 0 aliphatic heterocycles. The number of rotatable bonds is 5. The molecule has 0 atom stereocenters. The molecule has 0 aromatic carbocycles. The van der Waals surface area contributed by atoms with Gasteiger partial charge in [0, 0.05) is 11.7 Å². The average Bonchev–Trinajstić information content (AvgIpc) is 2.37. The molecule has 1 heterocycles. The Hall–Kier alpha value is -2.11. The molecule has 0 bridgehead atoms. The van der Waals surface area contributed by atoms with Gasteiger partial charge in [-0.1, -0.05) is 0 Å². The molecule has 0 fully saturated rings. The number of methoxy groups -OCH3 is 1. The maximum atomic E-state index is 11.7. The van der Waals surface area contributed by atoms with Crippen LogP contribution in [0.4, 0.5) is 5.82 Å². The van der Waals surface area contributed by atoms with Gasteiger partial charge < -0.3 is 15.2 Å². The highest BCUT2D eigenvalue weighted by Crippen LogP contribution is 2.34. The first-order chi connectivity index (χ1) is 9.13. The molecular weight excluding hydrogens is 260 g/mol. The van der Waals surface area contributed by atoms with Crippen molar-refractivity contribution in [3.8, 4) is 0 Å². The molecule has 110 valence electrons. The van der Waals surface area contributed by atoms with E-state index in [0.29, 0.717) is 5.82 Å². The zero-order valence-corrected chi connectivity index (χ0v) is 12.4. The molecule has 0 aliphatic carbocycles. The minimum atomic E-state index is -1.06. The van der Waals surface area contributed by atoms with Gasteiger partial charge in [-0.15, -0.1) is 0 Å². The third kappa shape index (κ3) is 2.89. The van der Waals surface area contributed by atoms with Crippen LogP contribution in [0.25, 0.3) is 0 Å². The van der Waals surface area contributed by atoms with Crippen LogP contribution in [0.3, 0.4) is 0 Å². The van der Waals surface area contributed by atoms with Gasteiger partial charge in [0.25, 0.3) is 0 Å². The van der Waals surface area contributed by atoms with Gasteiger partial charge in [-0.05, 0) is 39.8 Å². The quantitative estimate of drug-likeness (QED) is 0.804. The fourth-order valence-electron chi connectivity index (χ4n) is 1.50. The van der Waals surface area contributed by atoms with Crippen LogP contribution in [0.5, 0.6) is 0 Å². The molecule has 1 rings (SSSR count). The highest BCUT2D eigenvalue weighted by molar-refractivity contribution is 5.94. The van der Waals surface area contributed by atoms with E-state index in [-0.39, 0.29) is 5.56 Å². The monoisotopic (exact) mass is 280 g/mol. The van der Waals surface area contributed by atoms with Crippen molar-refractivity contribution in [3.05, 3.63) is 23.9 Å². The first-order valence-electron chi connectivity index (χ1n) is 6.18. The lowest BCUT2D eigenvalue weighted by atomic mass is 9.74. The Bertz CT molecular complexity index is 524. The van der Waals surface area contributed by atoms with Crippen molar-refractivity contribution in [1.82, 2.24) is 4.98 Å². The maximum absolute atomic E-state index is 11.7. The summed E-state index contributed by atoms with van der Waals surface area (Å²) in [5.74, 6) is -1.16. The predicted octanol–water partition coefficient (Wildman–Crippen LogP) is 2.17. The van der Waals surface area contributed by atoms with E-state index in [1.54, 1.807) is 39.8 Å². The molecule has 0 aliphatic rings. The third-order valence-corrected chi connectivity index (χ3v) is 3.74. The number of aromatic nitrogens is 1. The van der Waals surface area contributed by atoms with Gasteiger partial charge in [-0.3, -0.25) is 4.79 Å². The topological polar surface area (TPSA) is 88.5 Å². The number of carbonyl (C=O) groups is 2. The standard InChI is InChI=1S/C14H20N2O4/c1-13(2,12(18)19)14(3,4)16-10-9(11(17)20-5)7-6-8-15-10/h6-8H,1-5H3,(H,15,16)(H,18,19). The Morgan fingerprint density at radius 3 is 2.40 bits per heavy atom. The number of nitrogens with zero attached hydrogens (tertiary/aromatic N) is 1. The molecular formula is C14H20N2O4. The number of ether oxygens (including phenoxy) is 1. The van der Waals surface area contributed by atoms with Crippen molar-refractivity contribution in [2.24, 2.45) is 5.41 Å². The number of carboxylic acid groups (broad SMARTS) is 1. The third-order valence-electron chi connectivity index (χ3n) is 3.74. The van der Waals surface area contributed by atoms with Crippen LogP contribution in [0.15, 0.2) is 18.3 Å². The number of nitrogens with one attached hydrogen (secondary N) is 1. The van der Waals surface area contributed by atoms with Crippen LogP contribution in [0.1, 0.15) is 38.1 Å². The molecule has 0 saturated heterocycles. The number of esters is 1. The van der Waals surface area contributed by atoms with Crippen molar-refractivity contribution >= 4 is 17.8 Å². The van der Waals surface area contributed by atoms with Gasteiger partial charge in [0.15, 0.2) is 0 Å². The SMILES string of the molecule is COC(=O)c1cccnc1NC(C)(C)C(C)(C)C(=O)O. The Morgan fingerprint density at radius 1 is 1.30 bits per heavy atom. The summed E-state index contributed by atoms with van der Waals surface area (Å²) in [5.41, 5.74) is -1.61. The number of hydrogen-bond acceptors (Lipinski definition) is 5. The highest BCUT2D eigenvalue weighted by atomic mass is 16.5. The van der Waals surface area contributed by atoms with Crippen LogP contribution in [0.2, 0.25) is 0 Å². The normalized spacial score (nSPS) is 11.8. The van der Waals surface area contributed by atoms with Crippen molar-refractivity contribution < 1.29 is 19.4 Å². The summed E-state index contributed by atoms with van der Waals surface area (Å²) in [6.07, 6.45) is 1.53. The Balaban J connectivity index is 3.16. The predicted molar refractivity (Wildman–Crippen MR) is 74.7 cm³/mol. The number of hydrogen-bond donors (Lipinski definition) is 2. The highest BCUT2D eigenvalue weighted by Gasteiger charge is 2.44. The molecule has 0 saturated carbocycles. The minimum Gasteiger partial charge on any atom is -0.481 e. The van der Waals surface area contributed by atoms with E-state index in [4.69, 9.17) is 0 Å². The molecule has 1 aromatic rings. The second-order valence-corrected chi connectivity index (χ2v) is 5.57. The van der Waals surface area contributed by atoms with Crippen LogP contribution >= 0.6 is 0 Å². The van der Waals surface area contributed by atoms with Crippen molar-refractivity contribution in [2.45, 2.75) is 33.2 Å². The molecule has 6 heteroatoms. The lowest BCUT2D eigenvalue weighted by Crippen LogP contribution is -2.51. The summed E-state index contributed by atoms with van der Waals surface area (Å²) in [5, 5.41) is 12.4.